The summed E-state index contributed by atoms with van der Waals surface area (Å²) in [6, 6.07) is 15.5. The van der Waals surface area contributed by atoms with Crippen molar-refractivity contribution >= 4 is 15.9 Å². The standard InChI is InChI=1S/C25H33NO4S/c1-17(2)23(21-11-9-8-10-12-21)24(30-25(27)26(18(3)4)19(5)6)31(28,29)22-15-13-20(7)14-16-22/h8-16,18-19,23-24H,1H2,2-7H3/t23-,24+/m1/s1. The second kappa shape index (κ2) is 10.1. The predicted molar refractivity (Wildman–Crippen MR) is 125 cm³/mol. The van der Waals surface area contributed by atoms with E-state index in [-0.39, 0.29) is 17.0 Å². The van der Waals surface area contributed by atoms with Crippen LogP contribution in [0, 0.1) is 6.92 Å². The molecule has 0 fully saturated rings. The van der Waals surface area contributed by atoms with Crippen molar-refractivity contribution in [2.75, 3.05) is 0 Å². The minimum atomic E-state index is -4.02. The van der Waals surface area contributed by atoms with Crippen LogP contribution in [0.2, 0.25) is 0 Å². The van der Waals surface area contributed by atoms with Gasteiger partial charge in [0.1, 0.15) is 0 Å². The van der Waals surface area contributed by atoms with Crippen LogP contribution in [-0.4, -0.2) is 36.9 Å². The molecule has 0 aliphatic carbocycles. The van der Waals surface area contributed by atoms with Crippen LogP contribution in [0.4, 0.5) is 4.79 Å². The zero-order chi connectivity index (χ0) is 23.3. The fourth-order valence-corrected chi connectivity index (χ4v) is 5.43. The largest absolute Gasteiger partial charge is 0.428 e. The smallest absolute Gasteiger partial charge is 0.411 e. The molecule has 0 aliphatic heterocycles. The van der Waals surface area contributed by atoms with Crippen molar-refractivity contribution in [3.05, 3.63) is 77.9 Å². The van der Waals surface area contributed by atoms with Crippen LogP contribution < -0.4 is 0 Å². The molecule has 2 aromatic carbocycles. The summed E-state index contributed by atoms with van der Waals surface area (Å²) in [4.78, 5) is 14.8. The van der Waals surface area contributed by atoms with Gasteiger partial charge in [0.05, 0.1) is 10.8 Å². The number of aryl methyl sites for hydroxylation is 1. The third-order valence-electron chi connectivity index (χ3n) is 5.16. The van der Waals surface area contributed by atoms with Gasteiger partial charge in [-0.25, -0.2) is 13.2 Å². The molecular weight excluding hydrogens is 410 g/mol. The lowest BCUT2D eigenvalue weighted by Gasteiger charge is -2.34. The average Bonchev–Trinajstić information content (AvgIpc) is 2.67. The van der Waals surface area contributed by atoms with Gasteiger partial charge in [-0.1, -0.05) is 60.2 Å². The van der Waals surface area contributed by atoms with Gasteiger partial charge < -0.3 is 9.64 Å². The quantitative estimate of drug-likeness (QED) is 0.490. The van der Waals surface area contributed by atoms with E-state index in [2.05, 4.69) is 6.58 Å². The number of ether oxygens (including phenoxy) is 1. The first-order valence-electron chi connectivity index (χ1n) is 10.5. The number of nitrogens with zero attached hydrogens (tertiary/aromatic N) is 1. The van der Waals surface area contributed by atoms with Gasteiger partial charge in [0.15, 0.2) is 0 Å². The fraction of sp³-hybridized carbons (Fsp3) is 0.400. The summed E-state index contributed by atoms with van der Waals surface area (Å²) in [6.45, 7) is 15.2. The topological polar surface area (TPSA) is 63.7 Å². The lowest BCUT2D eigenvalue weighted by molar-refractivity contribution is 0.0641. The molecule has 5 nitrogen and oxygen atoms in total. The molecule has 2 atom stereocenters. The summed E-state index contributed by atoms with van der Waals surface area (Å²) < 4.78 is 33.2. The van der Waals surface area contributed by atoms with Crippen LogP contribution in [0.3, 0.4) is 0 Å². The molecule has 0 spiro atoms. The molecule has 31 heavy (non-hydrogen) atoms. The predicted octanol–water partition coefficient (Wildman–Crippen LogP) is 5.71. The van der Waals surface area contributed by atoms with E-state index in [1.54, 1.807) is 31.2 Å². The molecule has 6 heteroatoms. The maximum absolute atomic E-state index is 13.7. The highest BCUT2D eigenvalue weighted by Gasteiger charge is 2.41. The first kappa shape index (κ1) is 24.7. The molecule has 0 bridgehead atoms. The van der Waals surface area contributed by atoms with Crippen molar-refractivity contribution in [1.82, 2.24) is 4.90 Å². The maximum atomic E-state index is 13.7. The maximum Gasteiger partial charge on any atom is 0.411 e. The third kappa shape index (κ3) is 5.76. The number of carbonyl (C=O) groups is 1. The van der Waals surface area contributed by atoms with Crippen LogP contribution in [-0.2, 0) is 14.6 Å². The van der Waals surface area contributed by atoms with Crippen LogP contribution >= 0.6 is 0 Å². The van der Waals surface area contributed by atoms with E-state index in [1.807, 2.05) is 65.0 Å². The molecule has 1 amide bonds. The molecule has 0 saturated carbocycles. The second-order valence-corrected chi connectivity index (χ2v) is 10.5. The molecule has 0 saturated heterocycles. The summed E-state index contributed by atoms with van der Waals surface area (Å²) in [5, 5.41) is 0. The lowest BCUT2D eigenvalue weighted by atomic mass is 9.93. The Morgan fingerprint density at radius 2 is 1.45 bits per heavy atom. The van der Waals surface area contributed by atoms with E-state index >= 15 is 0 Å². The lowest BCUT2D eigenvalue weighted by Crippen LogP contribution is -2.46. The number of sulfone groups is 1. The summed E-state index contributed by atoms with van der Waals surface area (Å²) in [5.41, 5.74) is 0.824. The van der Waals surface area contributed by atoms with Crippen molar-refractivity contribution in [2.45, 2.75) is 69.9 Å². The number of amides is 1. The van der Waals surface area contributed by atoms with Crippen molar-refractivity contribution in [1.29, 1.82) is 0 Å². The number of rotatable bonds is 8. The zero-order valence-electron chi connectivity index (χ0n) is 19.2. The van der Waals surface area contributed by atoms with E-state index in [0.717, 1.165) is 11.1 Å². The minimum Gasteiger partial charge on any atom is -0.428 e. The molecular formula is C25H33NO4S. The number of hydrogen-bond acceptors (Lipinski definition) is 4. The Balaban J connectivity index is 2.62. The van der Waals surface area contributed by atoms with Gasteiger partial charge in [-0.3, -0.25) is 0 Å². The molecule has 0 N–H and O–H groups in total. The van der Waals surface area contributed by atoms with Gasteiger partial charge in [-0.15, -0.1) is 0 Å². The summed E-state index contributed by atoms with van der Waals surface area (Å²) in [7, 11) is -4.02. The average molecular weight is 444 g/mol. The van der Waals surface area contributed by atoms with Crippen molar-refractivity contribution in [3.8, 4) is 0 Å². The Kier molecular flexibility index (Phi) is 8.07. The number of carbonyl (C=O) groups excluding carboxylic acids is 1. The van der Waals surface area contributed by atoms with E-state index in [9.17, 15) is 13.2 Å². The highest BCUT2D eigenvalue weighted by atomic mass is 32.2. The molecule has 0 unspecified atom stereocenters. The van der Waals surface area contributed by atoms with E-state index in [0.29, 0.717) is 5.57 Å². The van der Waals surface area contributed by atoms with Gasteiger partial charge in [0, 0.05) is 12.1 Å². The van der Waals surface area contributed by atoms with E-state index in [4.69, 9.17) is 4.74 Å². The first-order valence-corrected chi connectivity index (χ1v) is 12.0. The van der Waals surface area contributed by atoms with E-state index < -0.39 is 27.3 Å². The van der Waals surface area contributed by atoms with Gasteiger partial charge in [0.2, 0.25) is 15.3 Å². The Morgan fingerprint density at radius 3 is 1.90 bits per heavy atom. The third-order valence-corrected chi connectivity index (χ3v) is 7.07. The highest BCUT2D eigenvalue weighted by Crippen LogP contribution is 2.35. The van der Waals surface area contributed by atoms with Crippen molar-refractivity contribution < 1.29 is 17.9 Å². The van der Waals surface area contributed by atoms with Crippen LogP contribution in [0.15, 0.2) is 71.6 Å². The SMILES string of the molecule is C=C(C)[C@H](c1ccccc1)[C@@H](OC(=O)N(C(C)C)C(C)C)S(=O)(=O)c1ccc(C)cc1. The summed E-state index contributed by atoms with van der Waals surface area (Å²) >= 11 is 0. The second-order valence-electron chi connectivity index (χ2n) is 8.44. The van der Waals surface area contributed by atoms with Crippen molar-refractivity contribution in [3.63, 3.8) is 0 Å². The monoisotopic (exact) mass is 443 g/mol. The van der Waals surface area contributed by atoms with Gasteiger partial charge in [-0.2, -0.15) is 0 Å². The Morgan fingerprint density at radius 1 is 0.935 bits per heavy atom. The van der Waals surface area contributed by atoms with Crippen LogP contribution in [0.1, 0.15) is 51.7 Å². The Hall–Kier alpha value is -2.60. The van der Waals surface area contributed by atoms with Gasteiger partial charge in [-0.05, 0) is 59.2 Å². The summed E-state index contributed by atoms with van der Waals surface area (Å²) in [6.07, 6.45) is -0.659. The van der Waals surface area contributed by atoms with Crippen molar-refractivity contribution in [2.24, 2.45) is 0 Å². The molecule has 0 radical (unpaired) electrons. The molecule has 0 aliphatic rings. The molecule has 0 aromatic heterocycles. The number of hydrogen-bond donors (Lipinski definition) is 0. The summed E-state index contributed by atoms with van der Waals surface area (Å²) in [5.74, 6) is -0.711. The highest BCUT2D eigenvalue weighted by molar-refractivity contribution is 7.92. The first-order chi connectivity index (χ1) is 14.5. The molecule has 0 heterocycles. The Labute approximate surface area is 186 Å². The fourth-order valence-electron chi connectivity index (χ4n) is 3.69. The zero-order valence-corrected chi connectivity index (χ0v) is 20.0. The van der Waals surface area contributed by atoms with E-state index in [1.165, 1.54) is 4.90 Å². The van der Waals surface area contributed by atoms with Gasteiger partial charge >= 0.3 is 6.09 Å². The number of benzene rings is 2. The minimum absolute atomic E-state index is 0.110. The van der Waals surface area contributed by atoms with Crippen LogP contribution in [0.5, 0.6) is 0 Å². The molecule has 168 valence electrons. The normalized spacial score (nSPS) is 13.7. The van der Waals surface area contributed by atoms with Gasteiger partial charge in [0.25, 0.3) is 0 Å². The molecule has 2 rings (SSSR count). The Bertz CT molecular complexity index is 988. The van der Waals surface area contributed by atoms with Crippen LogP contribution in [0.25, 0.3) is 0 Å². The molecule has 2 aromatic rings.